The van der Waals surface area contributed by atoms with E-state index >= 15 is 0 Å². The van der Waals surface area contributed by atoms with Gasteiger partial charge in [-0.15, -0.1) is 0 Å². The van der Waals surface area contributed by atoms with Crippen molar-refractivity contribution in [3.63, 3.8) is 0 Å². The lowest BCUT2D eigenvalue weighted by molar-refractivity contribution is -0.141. The number of halogens is 5. The van der Waals surface area contributed by atoms with Gasteiger partial charge in [-0.2, -0.15) is 22.8 Å². The minimum absolute atomic E-state index is 0.0133. The molecule has 3 N–H and O–H groups in total. The molecule has 0 radical (unpaired) electrons. The number of nitrogens with zero attached hydrogens (tertiary/aromatic N) is 4. The molecule has 2 heterocycles. The van der Waals surface area contributed by atoms with Crippen LogP contribution in [0.2, 0.25) is 0 Å². The Kier molecular flexibility index (Phi) is 8.62. The third-order valence-electron chi connectivity index (χ3n) is 7.35. The molecule has 17 heteroatoms. The Hall–Kier alpha value is -4.33. The molecule has 1 unspecified atom stereocenters. The fourth-order valence-electron chi connectivity index (χ4n) is 4.83. The molecule has 1 aromatic heterocycles. The van der Waals surface area contributed by atoms with Gasteiger partial charge in [-0.1, -0.05) is 6.07 Å². The molecule has 44 heavy (non-hydrogen) atoms. The lowest BCUT2D eigenvalue weighted by atomic mass is 10.00. The molecular formula is C27H27F5N6O5S. The van der Waals surface area contributed by atoms with E-state index in [9.17, 15) is 45.8 Å². The fraction of sp³-hybridized carbons (Fsp3) is 0.444. The summed E-state index contributed by atoms with van der Waals surface area (Å²) in [4.78, 5) is 42.0. The van der Waals surface area contributed by atoms with E-state index in [1.54, 1.807) is 0 Å². The van der Waals surface area contributed by atoms with Gasteiger partial charge >= 0.3 is 12.3 Å². The van der Waals surface area contributed by atoms with Crippen molar-refractivity contribution in [1.82, 2.24) is 10.3 Å². The maximum Gasteiger partial charge on any atom is 0.434 e. The lowest BCUT2D eigenvalue weighted by Crippen LogP contribution is -2.41. The zero-order chi connectivity index (χ0) is 32.7. The van der Waals surface area contributed by atoms with Crippen molar-refractivity contribution in [2.45, 2.75) is 61.6 Å². The quantitative estimate of drug-likeness (QED) is 0.373. The number of carbonyl (C=O) groups is 3. The van der Waals surface area contributed by atoms with Crippen LogP contribution in [0.15, 0.2) is 33.5 Å². The third-order valence-corrected chi connectivity index (χ3v) is 8.99. The Bertz CT molecular complexity index is 1690. The monoisotopic (exact) mass is 642 g/mol. The minimum atomic E-state index is -5.08. The molecule has 4 rings (SSSR count). The van der Waals surface area contributed by atoms with E-state index in [0.717, 1.165) is 18.1 Å². The number of carboxylic acid groups (broad SMARTS) is 1. The second-order valence-electron chi connectivity index (χ2n) is 10.7. The van der Waals surface area contributed by atoms with Gasteiger partial charge in [-0.05, 0) is 49.9 Å². The Morgan fingerprint density at radius 3 is 2.43 bits per heavy atom. The number of nitriles is 1. The van der Waals surface area contributed by atoms with E-state index in [-0.39, 0.29) is 42.0 Å². The second-order valence-corrected chi connectivity index (χ2v) is 12.9. The summed E-state index contributed by atoms with van der Waals surface area (Å²) in [5.74, 6) is -5.51. The summed E-state index contributed by atoms with van der Waals surface area (Å²) in [6.07, 6.45) is -6.31. The summed E-state index contributed by atoms with van der Waals surface area (Å²) in [5, 5.41) is 23.1. The van der Waals surface area contributed by atoms with Crippen molar-refractivity contribution >= 4 is 39.1 Å². The number of anilines is 2. The van der Waals surface area contributed by atoms with E-state index in [1.165, 1.54) is 30.3 Å². The summed E-state index contributed by atoms with van der Waals surface area (Å²) in [6.45, 7) is 0.607. The molecule has 2 fully saturated rings. The number of benzene rings is 1. The van der Waals surface area contributed by atoms with Crippen LogP contribution in [0.3, 0.4) is 0 Å². The number of amides is 3. The number of alkyl halides is 5. The smallest absolute Gasteiger partial charge is 0.434 e. The predicted molar refractivity (Wildman–Crippen MR) is 147 cm³/mol. The van der Waals surface area contributed by atoms with Gasteiger partial charge in [0.1, 0.15) is 17.4 Å². The van der Waals surface area contributed by atoms with Gasteiger partial charge in [0.25, 0.3) is 11.8 Å². The van der Waals surface area contributed by atoms with Gasteiger partial charge in [0, 0.05) is 42.8 Å². The van der Waals surface area contributed by atoms with Crippen molar-refractivity contribution in [3.05, 3.63) is 46.6 Å². The summed E-state index contributed by atoms with van der Waals surface area (Å²) < 4.78 is 86.9. The van der Waals surface area contributed by atoms with Gasteiger partial charge in [0.2, 0.25) is 5.92 Å². The molecule has 0 bridgehead atoms. The van der Waals surface area contributed by atoms with Crippen LogP contribution in [-0.2, 0) is 20.7 Å². The van der Waals surface area contributed by atoms with Crippen LogP contribution in [0.1, 0.15) is 59.3 Å². The maximum atomic E-state index is 14.1. The van der Waals surface area contributed by atoms with Crippen LogP contribution in [0, 0.1) is 18.3 Å². The number of aromatic nitrogens is 1. The van der Waals surface area contributed by atoms with E-state index in [4.69, 9.17) is 5.11 Å². The number of nitrogens with one attached hydrogen (secondary N) is 2. The Balaban J connectivity index is 1.73. The molecule has 0 spiro atoms. The predicted octanol–water partition coefficient (Wildman–Crippen LogP) is 4.94. The molecule has 236 valence electrons. The highest BCUT2D eigenvalue weighted by molar-refractivity contribution is 7.93. The Labute approximate surface area is 248 Å². The minimum Gasteiger partial charge on any atom is -0.465 e. The molecule has 2 aromatic rings. The average molecular weight is 643 g/mol. The highest BCUT2D eigenvalue weighted by atomic mass is 32.2. The van der Waals surface area contributed by atoms with Gasteiger partial charge in [-0.25, -0.2) is 22.8 Å². The summed E-state index contributed by atoms with van der Waals surface area (Å²) in [7, 11) is -3.46. The highest BCUT2D eigenvalue weighted by Crippen LogP contribution is 2.39. The topological polar surface area (TPSA) is 165 Å². The molecule has 1 saturated heterocycles. The molecule has 1 atom stereocenters. The van der Waals surface area contributed by atoms with Crippen molar-refractivity contribution in [3.8, 4) is 6.07 Å². The van der Waals surface area contributed by atoms with E-state index in [0.29, 0.717) is 0 Å². The first-order valence-corrected chi connectivity index (χ1v) is 15.2. The first kappa shape index (κ1) is 32.6. The molecular weight excluding hydrogens is 615 g/mol. The molecule has 1 aliphatic heterocycles. The van der Waals surface area contributed by atoms with Gasteiger partial charge in [-0.3, -0.25) is 9.59 Å². The zero-order valence-corrected chi connectivity index (χ0v) is 24.2. The van der Waals surface area contributed by atoms with Crippen LogP contribution >= 0.6 is 0 Å². The van der Waals surface area contributed by atoms with Gasteiger partial charge < -0.3 is 20.6 Å². The van der Waals surface area contributed by atoms with Crippen molar-refractivity contribution in [2.24, 2.45) is 4.36 Å². The number of hydrogen-bond acceptors (Lipinski definition) is 7. The Morgan fingerprint density at radius 2 is 1.84 bits per heavy atom. The second kappa shape index (κ2) is 11.6. The number of carbonyl (C=O) groups excluding carboxylic acids is 2. The summed E-state index contributed by atoms with van der Waals surface area (Å²) in [6, 6.07) is 6.72. The zero-order valence-electron chi connectivity index (χ0n) is 23.4. The van der Waals surface area contributed by atoms with Crippen LogP contribution in [-0.4, -0.2) is 63.0 Å². The molecule has 1 saturated carbocycles. The van der Waals surface area contributed by atoms with E-state index in [2.05, 4.69) is 20.0 Å². The number of rotatable bonds is 6. The summed E-state index contributed by atoms with van der Waals surface area (Å²) in [5.41, 5.74) is -4.73. The fourth-order valence-corrected chi connectivity index (χ4v) is 6.10. The van der Waals surface area contributed by atoms with Crippen molar-refractivity contribution in [1.29, 1.82) is 5.26 Å². The van der Waals surface area contributed by atoms with E-state index in [1.807, 2.05) is 0 Å². The Morgan fingerprint density at radius 1 is 1.16 bits per heavy atom. The molecule has 11 nitrogen and oxygen atoms in total. The molecule has 3 amide bonds. The SMILES string of the molecule is Cc1c(C#N)c(C(F)(F)F)nc(N2CCCC(F)(F)CC2)c1C(=O)Nc1cccc(S(C)(=O)=NC(=O)C2(NC(=O)O)CC2)c1. The average Bonchev–Trinajstić information content (AvgIpc) is 3.71. The molecule has 1 aliphatic carbocycles. The van der Waals surface area contributed by atoms with E-state index < -0.39 is 87.3 Å². The lowest BCUT2D eigenvalue weighted by Gasteiger charge is -2.27. The van der Waals surface area contributed by atoms with Crippen LogP contribution in [0.5, 0.6) is 0 Å². The van der Waals surface area contributed by atoms with Gasteiger partial charge in [0.05, 0.1) is 20.9 Å². The van der Waals surface area contributed by atoms with Crippen LogP contribution in [0.4, 0.5) is 38.3 Å². The van der Waals surface area contributed by atoms with Gasteiger partial charge in [0.15, 0.2) is 5.69 Å². The maximum absolute atomic E-state index is 14.1. The number of hydrogen-bond donors (Lipinski definition) is 3. The largest absolute Gasteiger partial charge is 0.465 e. The first-order valence-electron chi connectivity index (χ1n) is 13.2. The molecule has 2 aliphatic rings. The van der Waals surface area contributed by atoms with Crippen molar-refractivity contribution in [2.75, 3.05) is 29.6 Å². The summed E-state index contributed by atoms with van der Waals surface area (Å²) >= 11 is 0. The highest BCUT2D eigenvalue weighted by Gasteiger charge is 2.52. The van der Waals surface area contributed by atoms with Crippen LogP contribution in [0.25, 0.3) is 0 Å². The normalized spacial score (nSPS) is 18.6. The molecule has 1 aromatic carbocycles. The van der Waals surface area contributed by atoms with Crippen molar-refractivity contribution < 1.29 is 45.7 Å². The first-order chi connectivity index (χ1) is 20.4. The standard InChI is InChI=1S/C27H27F5N6O5S/c1-15-18(14-33)20(27(30,31)32)35-21(38-11-4-7-26(28,29)10-12-38)19(15)22(39)34-16-5-3-6-17(13-16)44(2,43)37-23(40)25(8-9-25)36-24(41)42/h3,5-6,13,36H,4,7-12H2,1-2H3,(H,34,39)(H,41,42). The third kappa shape index (κ3) is 6.90. The van der Waals surface area contributed by atoms with Crippen LogP contribution < -0.4 is 15.5 Å². The number of pyridine rings is 1.